The second-order valence-electron chi connectivity index (χ2n) is 5.48. The molecule has 0 spiro atoms. The van der Waals surface area contributed by atoms with Gasteiger partial charge in [0.1, 0.15) is 0 Å². The predicted molar refractivity (Wildman–Crippen MR) is 87.9 cm³/mol. The first-order valence-corrected chi connectivity index (χ1v) is 10.1. The molecule has 0 bridgehead atoms. The molecule has 0 aromatic carbocycles. The molecular formula is C13H23N3OS3. The van der Waals surface area contributed by atoms with E-state index in [2.05, 4.69) is 22.4 Å². The van der Waals surface area contributed by atoms with Crippen LogP contribution in [-0.2, 0) is 0 Å². The molecule has 0 amide bonds. The summed E-state index contributed by atoms with van der Waals surface area (Å²) in [5, 5.41) is 21.3. The van der Waals surface area contributed by atoms with E-state index in [1.807, 2.05) is 6.26 Å². The SMILES string of the molecule is CSc1nnc(SCCCCC(C)(CO)NC2CC2)s1. The number of thioether (sulfide) groups is 2. The van der Waals surface area contributed by atoms with Crippen LogP contribution in [0, 0.1) is 0 Å². The van der Waals surface area contributed by atoms with E-state index in [1.54, 1.807) is 34.9 Å². The van der Waals surface area contributed by atoms with Gasteiger partial charge < -0.3 is 10.4 Å². The summed E-state index contributed by atoms with van der Waals surface area (Å²) in [6, 6.07) is 0.646. The van der Waals surface area contributed by atoms with Crippen molar-refractivity contribution in [1.82, 2.24) is 15.5 Å². The van der Waals surface area contributed by atoms with Gasteiger partial charge in [-0.15, -0.1) is 10.2 Å². The van der Waals surface area contributed by atoms with Crippen molar-refractivity contribution in [2.45, 2.75) is 59.3 Å². The summed E-state index contributed by atoms with van der Waals surface area (Å²) in [7, 11) is 0. The normalized spacial score (nSPS) is 18.1. The quantitative estimate of drug-likeness (QED) is 0.507. The van der Waals surface area contributed by atoms with E-state index in [4.69, 9.17) is 0 Å². The van der Waals surface area contributed by atoms with Crippen molar-refractivity contribution in [3.05, 3.63) is 0 Å². The summed E-state index contributed by atoms with van der Waals surface area (Å²) in [6.07, 6.45) is 7.88. The average Bonchev–Trinajstić information content (AvgIpc) is 3.13. The molecule has 2 N–H and O–H groups in total. The van der Waals surface area contributed by atoms with Gasteiger partial charge in [-0.05, 0) is 38.9 Å². The third-order valence-electron chi connectivity index (χ3n) is 3.39. The minimum Gasteiger partial charge on any atom is -0.394 e. The predicted octanol–water partition coefficient (Wildman–Crippen LogP) is 3.03. The minimum atomic E-state index is -0.0966. The Labute approximate surface area is 133 Å². The summed E-state index contributed by atoms with van der Waals surface area (Å²) in [6.45, 7) is 2.36. The molecule has 0 radical (unpaired) electrons. The van der Waals surface area contributed by atoms with Crippen molar-refractivity contribution in [3.63, 3.8) is 0 Å². The maximum Gasteiger partial charge on any atom is 0.175 e. The molecule has 1 atom stereocenters. The lowest BCUT2D eigenvalue weighted by molar-refractivity contribution is 0.161. The van der Waals surface area contributed by atoms with Gasteiger partial charge in [0.05, 0.1) is 6.61 Å². The van der Waals surface area contributed by atoms with Crippen molar-refractivity contribution in [3.8, 4) is 0 Å². The number of unbranched alkanes of at least 4 members (excludes halogenated alkanes) is 1. The molecule has 2 rings (SSSR count). The molecule has 1 saturated carbocycles. The number of aliphatic hydroxyl groups is 1. The van der Waals surface area contributed by atoms with E-state index in [0.717, 1.165) is 33.7 Å². The zero-order chi connectivity index (χ0) is 14.4. The molecule has 0 saturated heterocycles. The molecule has 20 heavy (non-hydrogen) atoms. The molecular weight excluding hydrogens is 310 g/mol. The second kappa shape index (κ2) is 7.98. The summed E-state index contributed by atoms with van der Waals surface area (Å²) in [4.78, 5) is 0. The Morgan fingerprint density at radius 1 is 1.35 bits per heavy atom. The molecule has 1 aromatic rings. The highest BCUT2D eigenvalue weighted by atomic mass is 32.2. The van der Waals surface area contributed by atoms with Crippen LogP contribution in [0.1, 0.15) is 39.0 Å². The lowest BCUT2D eigenvalue weighted by Crippen LogP contribution is -2.46. The Bertz CT molecular complexity index is 411. The fraction of sp³-hybridized carbons (Fsp3) is 0.846. The van der Waals surface area contributed by atoms with Gasteiger partial charge in [0.15, 0.2) is 8.68 Å². The van der Waals surface area contributed by atoms with E-state index < -0.39 is 0 Å². The van der Waals surface area contributed by atoms with Crippen LogP contribution < -0.4 is 5.32 Å². The first-order valence-electron chi connectivity index (χ1n) is 7.04. The van der Waals surface area contributed by atoms with Crippen LogP contribution in [-0.4, -0.2) is 45.5 Å². The molecule has 1 aromatic heterocycles. The van der Waals surface area contributed by atoms with Crippen molar-refractivity contribution in [2.24, 2.45) is 0 Å². The van der Waals surface area contributed by atoms with Crippen LogP contribution in [0.4, 0.5) is 0 Å². The average molecular weight is 334 g/mol. The highest BCUT2D eigenvalue weighted by molar-refractivity contribution is 8.02. The van der Waals surface area contributed by atoms with Gasteiger partial charge in [-0.1, -0.05) is 41.3 Å². The van der Waals surface area contributed by atoms with Crippen molar-refractivity contribution < 1.29 is 5.11 Å². The van der Waals surface area contributed by atoms with Crippen LogP contribution in [0.3, 0.4) is 0 Å². The smallest absolute Gasteiger partial charge is 0.175 e. The lowest BCUT2D eigenvalue weighted by atomic mass is 9.96. The minimum absolute atomic E-state index is 0.0966. The highest BCUT2D eigenvalue weighted by Crippen LogP contribution is 2.29. The third kappa shape index (κ3) is 5.52. The van der Waals surface area contributed by atoms with Gasteiger partial charge in [-0.3, -0.25) is 0 Å². The number of aromatic nitrogens is 2. The van der Waals surface area contributed by atoms with E-state index in [-0.39, 0.29) is 12.1 Å². The van der Waals surface area contributed by atoms with Crippen molar-refractivity contribution >= 4 is 34.9 Å². The number of nitrogens with zero attached hydrogens (tertiary/aromatic N) is 2. The van der Waals surface area contributed by atoms with E-state index in [0.29, 0.717) is 6.04 Å². The molecule has 1 unspecified atom stereocenters. The Morgan fingerprint density at radius 3 is 2.70 bits per heavy atom. The molecule has 1 aliphatic rings. The fourth-order valence-electron chi connectivity index (χ4n) is 2.03. The first kappa shape index (κ1) is 16.5. The second-order valence-corrected chi connectivity index (χ2v) is 8.85. The van der Waals surface area contributed by atoms with Crippen molar-refractivity contribution in [1.29, 1.82) is 0 Å². The number of nitrogens with one attached hydrogen (secondary N) is 1. The van der Waals surface area contributed by atoms with Crippen LogP contribution in [0.15, 0.2) is 8.68 Å². The first-order chi connectivity index (χ1) is 9.65. The molecule has 1 aliphatic carbocycles. The summed E-state index contributed by atoms with van der Waals surface area (Å²) >= 11 is 5.11. The monoisotopic (exact) mass is 333 g/mol. The maximum absolute atomic E-state index is 9.54. The van der Waals surface area contributed by atoms with Gasteiger partial charge in [-0.25, -0.2) is 0 Å². The Balaban J connectivity index is 1.60. The van der Waals surface area contributed by atoms with Gasteiger partial charge in [-0.2, -0.15) is 0 Å². The van der Waals surface area contributed by atoms with E-state index in [1.165, 1.54) is 12.8 Å². The molecule has 7 heteroatoms. The topological polar surface area (TPSA) is 58.0 Å². The number of rotatable bonds is 10. The molecule has 1 heterocycles. The van der Waals surface area contributed by atoms with Gasteiger partial charge in [0, 0.05) is 17.3 Å². The molecule has 4 nitrogen and oxygen atoms in total. The Hall–Kier alpha value is 0.180. The summed E-state index contributed by atoms with van der Waals surface area (Å²) < 4.78 is 2.10. The summed E-state index contributed by atoms with van der Waals surface area (Å²) in [5.74, 6) is 1.08. The zero-order valence-corrected chi connectivity index (χ0v) is 14.5. The molecule has 0 aliphatic heterocycles. The van der Waals surface area contributed by atoms with Crippen LogP contribution in [0.25, 0.3) is 0 Å². The Morgan fingerprint density at radius 2 is 2.10 bits per heavy atom. The van der Waals surface area contributed by atoms with Crippen LogP contribution >= 0.6 is 34.9 Å². The zero-order valence-electron chi connectivity index (χ0n) is 12.1. The largest absolute Gasteiger partial charge is 0.394 e. The Kier molecular flexibility index (Phi) is 6.61. The van der Waals surface area contributed by atoms with Crippen LogP contribution in [0.2, 0.25) is 0 Å². The third-order valence-corrected chi connectivity index (χ3v) is 6.51. The lowest BCUT2D eigenvalue weighted by Gasteiger charge is -2.29. The van der Waals surface area contributed by atoms with Gasteiger partial charge in [0.25, 0.3) is 0 Å². The van der Waals surface area contributed by atoms with Crippen molar-refractivity contribution in [2.75, 3.05) is 18.6 Å². The standard InChI is InChI=1S/C13H23N3OS3/c1-13(9-17,14-10-5-6-10)7-3-4-8-19-12-16-15-11(18-2)20-12/h10,14,17H,3-9H2,1-2H3. The number of hydrogen-bond acceptors (Lipinski definition) is 7. The fourth-order valence-corrected chi connectivity index (χ4v) is 4.54. The van der Waals surface area contributed by atoms with E-state index >= 15 is 0 Å². The highest BCUT2D eigenvalue weighted by Gasteiger charge is 2.31. The van der Waals surface area contributed by atoms with Crippen LogP contribution in [0.5, 0.6) is 0 Å². The van der Waals surface area contributed by atoms with Gasteiger partial charge >= 0.3 is 0 Å². The molecule has 1 fully saturated rings. The van der Waals surface area contributed by atoms with E-state index in [9.17, 15) is 5.11 Å². The maximum atomic E-state index is 9.54. The number of aliphatic hydroxyl groups excluding tert-OH is 1. The van der Waals surface area contributed by atoms with Gasteiger partial charge in [0.2, 0.25) is 0 Å². The molecule has 114 valence electrons. The summed E-state index contributed by atoms with van der Waals surface area (Å²) in [5.41, 5.74) is -0.0966. The number of hydrogen-bond donors (Lipinski definition) is 2.